The molecule has 0 aromatic carbocycles. The van der Waals surface area contributed by atoms with Crippen molar-refractivity contribution in [3.05, 3.63) is 34.5 Å². The molecule has 0 spiro atoms. The number of carboxylic acid groups (broad SMARTS) is 1. The Kier molecular flexibility index (Phi) is 2.32. The van der Waals surface area contributed by atoms with Gasteiger partial charge >= 0.3 is 5.97 Å². The Labute approximate surface area is 90.8 Å². The summed E-state index contributed by atoms with van der Waals surface area (Å²) < 4.78 is 1.67. The third-order valence-corrected chi connectivity index (χ3v) is 3.06. The van der Waals surface area contributed by atoms with E-state index in [1.807, 2.05) is 17.5 Å². The molecule has 0 bridgehead atoms. The monoisotopic (exact) mass is 222 g/mol. The molecular weight excluding hydrogens is 212 g/mol. The molecule has 0 saturated heterocycles. The van der Waals surface area contributed by atoms with Crippen molar-refractivity contribution >= 4 is 17.3 Å². The van der Waals surface area contributed by atoms with Crippen molar-refractivity contribution in [1.29, 1.82) is 0 Å². The van der Waals surface area contributed by atoms with Crippen molar-refractivity contribution in [2.75, 3.05) is 0 Å². The molecule has 1 N–H and O–H groups in total. The van der Waals surface area contributed by atoms with Gasteiger partial charge in [-0.2, -0.15) is 5.10 Å². The fourth-order valence-corrected chi connectivity index (χ4v) is 2.29. The van der Waals surface area contributed by atoms with Crippen molar-refractivity contribution in [2.45, 2.75) is 13.8 Å². The number of thiophene rings is 1. The molecule has 0 aliphatic carbocycles. The summed E-state index contributed by atoms with van der Waals surface area (Å²) in [5.41, 5.74) is 1.51. The average Bonchev–Trinajstić information content (AvgIpc) is 2.72. The number of nitrogens with zero attached hydrogens (tertiary/aromatic N) is 2. The summed E-state index contributed by atoms with van der Waals surface area (Å²) in [6.45, 7) is 3.48. The minimum absolute atomic E-state index is 0.295. The Morgan fingerprint density at radius 3 is 2.73 bits per heavy atom. The number of hydrogen-bond acceptors (Lipinski definition) is 3. The fourth-order valence-electron chi connectivity index (χ4n) is 1.56. The molecule has 0 amide bonds. The summed E-state index contributed by atoms with van der Waals surface area (Å²) in [5, 5.41) is 16.1. The summed E-state index contributed by atoms with van der Waals surface area (Å²) in [5.74, 6) is -0.923. The number of carbonyl (C=O) groups is 1. The zero-order valence-electron chi connectivity index (χ0n) is 8.39. The zero-order valence-corrected chi connectivity index (χ0v) is 9.21. The van der Waals surface area contributed by atoms with E-state index in [0.29, 0.717) is 17.0 Å². The van der Waals surface area contributed by atoms with Crippen molar-refractivity contribution in [3.8, 4) is 5.00 Å². The summed E-state index contributed by atoms with van der Waals surface area (Å²) in [6.07, 6.45) is 0. The van der Waals surface area contributed by atoms with Crippen LogP contribution in [0.5, 0.6) is 0 Å². The second-order valence-corrected chi connectivity index (χ2v) is 4.14. The maximum absolute atomic E-state index is 11.0. The molecule has 0 aliphatic rings. The van der Waals surface area contributed by atoms with Crippen LogP contribution in [0.3, 0.4) is 0 Å². The van der Waals surface area contributed by atoms with Gasteiger partial charge in [-0.05, 0) is 31.4 Å². The number of aromatic nitrogens is 2. The normalized spacial score (nSPS) is 10.5. The van der Waals surface area contributed by atoms with Gasteiger partial charge in [-0.1, -0.05) is 0 Å². The van der Waals surface area contributed by atoms with Gasteiger partial charge in [-0.3, -0.25) is 0 Å². The van der Waals surface area contributed by atoms with Crippen LogP contribution in [0.25, 0.3) is 5.00 Å². The zero-order chi connectivity index (χ0) is 11.0. The molecule has 4 nitrogen and oxygen atoms in total. The lowest BCUT2D eigenvalue weighted by atomic mass is 10.2. The molecule has 2 heterocycles. The summed E-state index contributed by atoms with van der Waals surface area (Å²) in [6, 6.07) is 3.83. The summed E-state index contributed by atoms with van der Waals surface area (Å²) in [7, 11) is 0. The first-order chi connectivity index (χ1) is 7.11. The molecular formula is C10H10N2O2S. The minimum Gasteiger partial charge on any atom is -0.478 e. The maximum Gasteiger partial charge on any atom is 0.339 e. The van der Waals surface area contributed by atoms with Crippen LogP contribution in [-0.2, 0) is 0 Å². The van der Waals surface area contributed by atoms with Crippen LogP contribution < -0.4 is 0 Å². The van der Waals surface area contributed by atoms with Crippen LogP contribution in [0.2, 0.25) is 0 Å². The molecule has 0 aliphatic heterocycles. The van der Waals surface area contributed by atoms with Crippen molar-refractivity contribution in [3.63, 3.8) is 0 Å². The van der Waals surface area contributed by atoms with E-state index in [9.17, 15) is 4.79 Å². The Bertz CT molecular complexity index is 500. The second kappa shape index (κ2) is 3.51. The van der Waals surface area contributed by atoms with Crippen LogP contribution in [0.1, 0.15) is 21.7 Å². The fraction of sp³-hybridized carbons (Fsp3) is 0.200. The quantitative estimate of drug-likeness (QED) is 0.847. The molecule has 0 radical (unpaired) electrons. The third kappa shape index (κ3) is 1.55. The highest BCUT2D eigenvalue weighted by molar-refractivity contribution is 7.12. The lowest BCUT2D eigenvalue weighted by Gasteiger charge is -1.99. The molecule has 5 heteroatoms. The minimum atomic E-state index is -0.923. The number of aromatic carboxylic acids is 1. The van der Waals surface area contributed by atoms with E-state index in [0.717, 1.165) is 5.00 Å². The number of aryl methyl sites for hydroxylation is 1. The summed E-state index contributed by atoms with van der Waals surface area (Å²) >= 11 is 1.53. The number of hydrogen-bond donors (Lipinski definition) is 1. The first-order valence-corrected chi connectivity index (χ1v) is 5.32. The summed E-state index contributed by atoms with van der Waals surface area (Å²) in [4.78, 5) is 11.0. The van der Waals surface area contributed by atoms with Crippen molar-refractivity contribution in [1.82, 2.24) is 9.78 Å². The molecule has 2 rings (SSSR count). The lowest BCUT2D eigenvalue weighted by Crippen LogP contribution is -2.01. The molecule has 0 atom stereocenters. The number of rotatable bonds is 2. The van der Waals surface area contributed by atoms with Gasteiger partial charge in [0.1, 0.15) is 10.6 Å². The first kappa shape index (κ1) is 9.92. The highest BCUT2D eigenvalue weighted by Crippen LogP contribution is 2.20. The van der Waals surface area contributed by atoms with E-state index in [4.69, 9.17) is 5.11 Å². The molecule has 0 fully saturated rings. The van der Waals surface area contributed by atoms with E-state index in [2.05, 4.69) is 5.10 Å². The maximum atomic E-state index is 11.0. The molecule has 15 heavy (non-hydrogen) atoms. The van der Waals surface area contributed by atoms with Gasteiger partial charge in [0.05, 0.1) is 11.4 Å². The second-order valence-electron chi connectivity index (χ2n) is 3.21. The largest absolute Gasteiger partial charge is 0.478 e. The van der Waals surface area contributed by atoms with Crippen LogP contribution in [0, 0.1) is 13.8 Å². The van der Waals surface area contributed by atoms with E-state index < -0.39 is 5.97 Å². The highest BCUT2D eigenvalue weighted by atomic mass is 32.1. The van der Waals surface area contributed by atoms with Gasteiger partial charge in [-0.25, -0.2) is 9.48 Å². The van der Waals surface area contributed by atoms with Crippen LogP contribution in [0.15, 0.2) is 17.5 Å². The highest BCUT2D eigenvalue weighted by Gasteiger charge is 2.18. The Morgan fingerprint density at radius 1 is 1.53 bits per heavy atom. The smallest absolute Gasteiger partial charge is 0.339 e. The standard InChI is InChI=1S/C10H10N2O2S/c1-6-9(10(13)14)7(2)12(11-6)8-4-3-5-15-8/h3-5H,1-2H3,(H,13,14). The van der Waals surface area contributed by atoms with E-state index in [-0.39, 0.29) is 0 Å². The van der Waals surface area contributed by atoms with E-state index in [1.54, 1.807) is 18.5 Å². The van der Waals surface area contributed by atoms with Crippen LogP contribution in [-0.4, -0.2) is 20.9 Å². The third-order valence-electron chi connectivity index (χ3n) is 2.22. The molecule has 78 valence electrons. The Morgan fingerprint density at radius 2 is 2.27 bits per heavy atom. The van der Waals surface area contributed by atoms with Crippen molar-refractivity contribution < 1.29 is 9.90 Å². The van der Waals surface area contributed by atoms with Gasteiger partial charge in [0.2, 0.25) is 0 Å². The number of carboxylic acids is 1. The van der Waals surface area contributed by atoms with Crippen LogP contribution >= 0.6 is 11.3 Å². The Balaban J connectivity index is 2.61. The SMILES string of the molecule is Cc1nn(-c2cccs2)c(C)c1C(=O)O. The van der Waals surface area contributed by atoms with Crippen LogP contribution in [0.4, 0.5) is 0 Å². The lowest BCUT2D eigenvalue weighted by molar-refractivity contribution is 0.0695. The van der Waals surface area contributed by atoms with E-state index in [1.165, 1.54) is 11.3 Å². The Hall–Kier alpha value is -1.62. The molecule has 0 saturated carbocycles. The van der Waals surface area contributed by atoms with Crippen molar-refractivity contribution in [2.24, 2.45) is 0 Å². The molecule has 2 aromatic heterocycles. The van der Waals surface area contributed by atoms with E-state index >= 15 is 0 Å². The van der Waals surface area contributed by atoms with Gasteiger partial charge < -0.3 is 5.11 Å². The predicted octanol–water partition coefficient (Wildman–Crippen LogP) is 2.25. The molecule has 2 aromatic rings. The predicted molar refractivity (Wildman–Crippen MR) is 57.9 cm³/mol. The van der Waals surface area contributed by atoms with Gasteiger partial charge in [0.15, 0.2) is 0 Å². The first-order valence-electron chi connectivity index (χ1n) is 4.44. The van der Waals surface area contributed by atoms with Gasteiger partial charge in [0.25, 0.3) is 0 Å². The topological polar surface area (TPSA) is 55.1 Å². The van der Waals surface area contributed by atoms with Gasteiger partial charge in [-0.15, -0.1) is 11.3 Å². The molecule has 0 unspecified atom stereocenters. The average molecular weight is 222 g/mol. The van der Waals surface area contributed by atoms with Gasteiger partial charge in [0, 0.05) is 0 Å².